The van der Waals surface area contributed by atoms with Crippen molar-refractivity contribution in [2.75, 3.05) is 18.9 Å². The highest BCUT2D eigenvalue weighted by Gasteiger charge is 2.30. The number of rotatable bonds is 7. The maximum absolute atomic E-state index is 12.1. The third-order valence-electron chi connectivity index (χ3n) is 5.95. The van der Waals surface area contributed by atoms with E-state index in [1.54, 1.807) is 0 Å². The van der Waals surface area contributed by atoms with Crippen LogP contribution in [0, 0.1) is 12.8 Å². The molecule has 1 N–H and O–H groups in total. The lowest BCUT2D eigenvalue weighted by molar-refractivity contribution is -0.117. The maximum atomic E-state index is 12.1. The number of nitrogens with zero attached hydrogens (tertiary/aromatic N) is 3. The van der Waals surface area contributed by atoms with Crippen molar-refractivity contribution in [2.24, 2.45) is 5.92 Å². The van der Waals surface area contributed by atoms with Gasteiger partial charge < -0.3 is 14.6 Å². The van der Waals surface area contributed by atoms with E-state index in [1.807, 2.05) is 37.4 Å². The summed E-state index contributed by atoms with van der Waals surface area (Å²) >= 11 is 0. The number of furan rings is 1. The monoisotopic (exact) mass is 414 g/mol. The number of pyridine rings is 2. The number of carbonyl (C=O) groups excluding carboxylic acids is 1. The molecule has 5 rings (SSSR count). The van der Waals surface area contributed by atoms with Gasteiger partial charge in [-0.3, -0.25) is 9.78 Å². The van der Waals surface area contributed by atoms with Crippen molar-refractivity contribution < 1.29 is 9.21 Å². The molecule has 3 heterocycles. The Morgan fingerprint density at radius 1 is 1.19 bits per heavy atom. The van der Waals surface area contributed by atoms with Gasteiger partial charge in [-0.2, -0.15) is 0 Å². The van der Waals surface area contributed by atoms with Crippen LogP contribution < -0.4 is 5.32 Å². The molecule has 0 atom stereocenters. The summed E-state index contributed by atoms with van der Waals surface area (Å²) in [5.74, 6) is 1.71. The summed E-state index contributed by atoms with van der Waals surface area (Å²) in [4.78, 5) is 23.6. The number of carbonyl (C=O) groups is 1. The number of fused-ring (bicyclic) bond motifs is 2. The zero-order chi connectivity index (χ0) is 21.4. The van der Waals surface area contributed by atoms with Crippen molar-refractivity contribution in [3.8, 4) is 0 Å². The number of para-hydroxylation sites is 1. The number of likely N-dealkylation sites (N-methyl/N-ethyl adjacent to an activating group) is 1. The van der Waals surface area contributed by atoms with E-state index in [9.17, 15) is 4.79 Å². The highest BCUT2D eigenvalue weighted by molar-refractivity contribution is 5.94. The molecule has 0 saturated heterocycles. The average molecular weight is 415 g/mol. The van der Waals surface area contributed by atoms with Gasteiger partial charge in [0.15, 0.2) is 5.58 Å². The van der Waals surface area contributed by atoms with E-state index in [2.05, 4.69) is 40.4 Å². The minimum Gasteiger partial charge on any atom is -0.459 e. The summed E-state index contributed by atoms with van der Waals surface area (Å²) in [6.45, 7) is 3.69. The topological polar surface area (TPSA) is 71.3 Å². The Kier molecular flexibility index (Phi) is 5.16. The first-order chi connectivity index (χ1) is 15.1. The van der Waals surface area contributed by atoms with E-state index >= 15 is 0 Å². The summed E-state index contributed by atoms with van der Waals surface area (Å²) in [6.07, 6.45) is 4.65. The second kappa shape index (κ2) is 8.12. The number of nitrogens with one attached hydrogen (secondary N) is 1. The summed E-state index contributed by atoms with van der Waals surface area (Å²) in [5, 5.41) is 4.13. The second-order valence-corrected chi connectivity index (χ2v) is 8.42. The SMILES string of the molecule is Cc1oc2ccc(NC(=O)C3CC3)nc2c1CCN(C)Cc1ccnc2ccccc12. The number of hydrogen-bond acceptors (Lipinski definition) is 5. The molecule has 1 aliphatic carbocycles. The third kappa shape index (κ3) is 4.16. The molecular weight excluding hydrogens is 388 g/mol. The van der Waals surface area contributed by atoms with Crippen LogP contribution in [0.4, 0.5) is 5.82 Å². The molecule has 6 nitrogen and oxygen atoms in total. The van der Waals surface area contributed by atoms with Crippen LogP contribution in [0.5, 0.6) is 0 Å². The fourth-order valence-corrected chi connectivity index (χ4v) is 4.04. The van der Waals surface area contributed by atoms with Crippen molar-refractivity contribution in [1.29, 1.82) is 0 Å². The molecule has 0 unspecified atom stereocenters. The lowest BCUT2D eigenvalue weighted by Gasteiger charge is -2.17. The molecular formula is C25H26N4O2. The predicted octanol–water partition coefficient (Wildman–Crippen LogP) is 4.71. The zero-order valence-corrected chi connectivity index (χ0v) is 17.9. The maximum Gasteiger partial charge on any atom is 0.228 e. The Morgan fingerprint density at radius 2 is 2.03 bits per heavy atom. The zero-order valence-electron chi connectivity index (χ0n) is 17.9. The first-order valence-electron chi connectivity index (χ1n) is 10.8. The van der Waals surface area contributed by atoms with Gasteiger partial charge in [0, 0.05) is 36.2 Å². The van der Waals surface area contributed by atoms with Gasteiger partial charge in [-0.1, -0.05) is 18.2 Å². The van der Waals surface area contributed by atoms with Crippen LogP contribution in [0.25, 0.3) is 22.0 Å². The Morgan fingerprint density at radius 3 is 2.87 bits per heavy atom. The molecule has 3 aromatic heterocycles. The van der Waals surface area contributed by atoms with Crippen LogP contribution >= 0.6 is 0 Å². The Hall–Kier alpha value is -3.25. The van der Waals surface area contributed by atoms with Crippen molar-refractivity contribution >= 4 is 33.7 Å². The fourth-order valence-electron chi connectivity index (χ4n) is 4.04. The lowest BCUT2D eigenvalue weighted by Crippen LogP contribution is -2.21. The molecule has 4 aromatic rings. The minimum atomic E-state index is 0.0675. The van der Waals surface area contributed by atoms with E-state index in [0.29, 0.717) is 5.82 Å². The second-order valence-electron chi connectivity index (χ2n) is 8.42. The van der Waals surface area contributed by atoms with Crippen LogP contribution in [-0.4, -0.2) is 34.4 Å². The Labute approximate surface area is 181 Å². The van der Waals surface area contributed by atoms with Gasteiger partial charge in [0.25, 0.3) is 0 Å². The Balaban J connectivity index is 1.31. The van der Waals surface area contributed by atoms with E-state index in [-0.39, 0.29) is 11.8 Å². The molecule has 1 aliphatic rings. The highest BCUT2D eigenvalue weighted by atomic mass is 16.3. The largest absolute Gasteiger partial charge is 0.459 e. The molecule has 158 valence electrons. The van der Waals surface area contributed by atoms with E-state index < -0.39 is 0 Å². The van der Waals surface area contributed by atoms with Crippen LogP contribution in [0.15, 0.2) is 53.1 Å². The van der Waals surface area contributed by atoms with Crippen molar-refractivity contribution in [3.05, 3.63) is 65.5 Å². The number of benzene rings is 1. The Bertz CT molecular complexity index is 1250. The van der Waals surface area contributed by atoms with Gasteiger partial charge in [0.05, 0.1) is 5.52 Å². The summed E-state index contributed by atoms with van der Waals surface area (Å²) in [7, 11) is 2.13. The summed E-state index contributed by atoms with van der Waals surface area (Å²) in [6, 6.07) is 14.0. The van der Waals surface area contributed by atoms with E-state index in [4.69, 9.17) is 9.40 Å². The molecule has 1 aromatic carbocycles. The van der Waals surface area contributed by atoms with Crippen LogP contribution in [0.3, 0.4) is 0 Å². The number of aromatic nitrogens is 2. The predicted molar refractivity (Wildman–Crippen MR) is 122 cm³/mol. The van der Waals surface area contributed by atoms with Gasteiger partial charge in [-0.15, -0.1) is 0 Å². The van der Waals surface area contributed by atoms with Gasteiger partial charge in [-0.05, 0) is 63.1 Å². The van der Waals surface area contributed by atoms with Crippen molar-refractivity contribution in [2.45, 2.75) is 32.7 Å². The molecule has 0 radical (unpaired) electrons. The summed E-state index contributed by atoms with van der Waals surface area (Å²) < 4.78 is 5.93. The molecule has 0 spiro atoms. The first-order valence-corrected chi connectivity index (χ1v) is 10.8. The molecule has 1 amide bonds. The van der Waals surface area contributed by atoms with Crippen molar-refractivity contribution in [3.63, 3.8) is 0 Å². The highest BCUT2D eigenvalue weighted by Crippen LogP contribution is 2.31. The first kappa shape index (κ1) is 19.7. The van der Waals surface area contributed by atoms with Crippen LogP contribution in [-0.2, 0) is 17.8 Å². The van der Waals surface area contributed by atoms with Gasteiger partial charge in [-0.25, -0.2) is 4.98 Å². The molecule has 6 heteroatoms. The lowest BCUT2D eigenvalue weighted by atomic mass is 10.1. The normalized spacial score (nSPS) is 13.9. The molecule has 1 fully saturated rings. The number of aryl methyl sites for hydroxylation is 1. The number of anilines is 1. The number of hydrogen-bond donors (Lipinski definition) is 1. The quantitative estimate of drug-likeness (QED) is 0.474. The average Bonchev–Trinajstić information content (AvgIpc) is 3.57. The van der Waals surface area contributed by atoms with Gasteiger partial charge in [0.2, 0.25) is 5.91 Å². The standard InChI is InChI=1S/C25H26N4O2/c1-16-19(24-22(31-16)9-10-23(27-24)28-25(30)17-7-8-17)12-14-29(2)15-18-11-13-26-21-6-4-3-5-20(18)21/h3-6,9-11,13,17H,7-8,12,14-15H2,1-2H3,(H,27,28,30). The van der Waals surface area contributed by atoms with Gasteiger partial charge >= 0.3 is 0 Å². The molecule has 0 bridgehead atoms. The summed E-state index contributed by atoms with van der Waals surface area (Å²) in [5.41, 5.74) is 5.00. The van der Waals surface area contributed by atoms with E-state index in [0.717, 1.165) is 60.3 Å². The number of amides is 1. The van der Waals surface area contributed by atoms with Gasteiger partial charge in [0.1, 0.15) is 17.1 Å². The van der Waals surface area contributed by atoms with E-state index in [1.165, 1.54) is 10.9 Å². The smallest absolute Gasteiger partial charge is 0.228 e. The minimum absolute atomic E-state index is 0.0675. The third-order valence-corrected chi connectivity index (χ3v) is 5.95. The van der Waals surface area contributed by atoms with Crippen LogP contribution in [0.1, 0.15) is 29.7 Å². The van der Waals surface area contributed by atoms with Crippen LogP contribution in [0.2, 0.25) is 0 Å². The molecule has 0 aliphatic heterocycles. The molecule has 1 saturated carbocycles. The van der Waals surface area contributed by atoms with Crippen molar-refractivity contribution in [1.82, 2.24) is 14.9 Å². The fraction of sp³-hybridized carbons (Fsp3) is 0.320. The molecule has 31 heavy (non-hydrogen) atoms.